The van der Waals surface area contributed by atoms with E-state index in [1.165, 1.54) is 12.1 Å². The van der Waals surface area contributed by atoms with Crippen LogP contribution in [0.3, 0.4) is 0 Å². The number of halogens is 2. The zero-order valence-electron chi connectivity index (χ0n) is 14.6. The molecule has 0 aliphatic carbocycles. The van der Waals surface area contributed by atoms with Crippen LogP contribution in [0.4, 0.5) is 4.39 Å². The maximum absolute atomic E-state index is 13.5. The molecular formula is C18H18BrFN4O2. The molecule has 0 saturated heterocycles. The Labute approximate surface area is 158 Å². The lowest BCUT2D eigenvalue weighted by Crippen LogP contribution is -2.34. The number of nitrogens with one attached hydrogen (secondary N) is 1. The van der Waals surface area contributed by atoms with Crippen LogP contribution in [-0.4, -0.2) is 28.0 Å². The van der Waals surface area contributed by atoms with Crippen molar-refractivity contribution in [3.8, 4) is 0 Å². The smallest absolute Gasteiger partial charge is 0.338 e. The van der Waals surface area contributed by atoms with E-state index >= 15 is 0 Å². The lowest BCUT2D eigenvalue weighted by molar-refractivity contribution is -0.138. The number of hydrogen-bond donors (Lipinski definition) is 1. The number of aliphatic imine (C=N–C) groups is 1. The predicted molar refractivity (Wildman–Crippen MR) is 99.1 cm³/mol. The molecule has 0 radical (unpaired) electrons. The number of carbonyl (C=O) groups excluding carboxylic acids is 1. The van der Waals surface area contributed by atoms with Gasteiger partial charge in [-0.1, -0.05) is 22.0 Å². The van der Waals surface area contributed by atoms with E-state index in [1.54, 1.807) is 26.1 Å². The standard InChI is InChI=1S/C18H18BrFN4O2/c1-4-26-18(25)14-10(2)22-16(17-21-7-8-24(17)3)23-15(14)12-6-5-11(20)9-13(12)19/h5-9,15H,4H2,1-3H3,(H,22,23). The van der Waals surface area contributed by atoms with Gasteiger partial charge in [0.15, 0.2) is 11.7 Å². The summed E-state index contributed by atoms with van der Waals surface area (Å²) >= 11 is 3.38. The van der Waals surface area contributed by atoms with Gasteiger partial charge in [-0.3, -0.25) is 4.99 Å². The van der Waals surface area contributed by atoms with Crippen LogP contribution in [0.25, 0.3) is 0 Å². The lowest BCUT2D eigenvalue weighted by Gasteiger charge is -2.26. The molecule has 2 heterocycles. The van der Waals surface area contributed by atoms with Crippen LogP contribution in [0.15, 0.2) is 51.3 Å². The highest BCUT2D eigenvalue weighted by Crippen LogP contribution is 2.36. The fourth-order valence-corrected chi connectivity index (χ4v) is 3.37. The average Bonchev–Trinajstić information content (AvgIpc) is 3.00. The van der Waals surface area contributed by atoms with E-state index in [0.29, 0.717) is 33.0 Å². The minimum Gasteiger partial charge on any atom is -0.463 e. The molecule has 1 aliphatic rings. The normalized spacial score (nSPS) is 17.0. The summed E-state index contributed by atoms with van der Waals surface area (Å²) in [5.41, 5.74) is 1.68. The number of hydrogen-bond acceptors (Lipinski definition) is 5. The molecule has 0 amide bonds. The monoisotopic (exact) mass is 420 g/mol. The van der Waals surface area contributed by atoms with Gasteiger partial charge in [-0.2, -0.15) is 0 Å². The summed E-state index contributed by atoms with van der Waals surface area (Å²) < 4.78 is 21.1. The second kappa shape index (κ2) is 7.41. The molecule has 1 N–H and O–H groups in total. The van der Waals surface area contributed by atoms with Crippen LogP contribution in [0.1, 0.15) is 31.3 Å². The summed E-state index contributed by atoms with van der Waals surface area (Å²) in [5, 5.41) is 3.14. The van der Waals surface area contributed by atoms with Crippen LogP contribution in [0.5, 0.6) is 0 Å². The second-order valence-corrected chi connectivity index (χ2v) is 6.65. The number of aromatic nitrogens is 2. The Balaban J connectivity index is 2.14. The highest BCUT2D eigenvalue weighted by molar-refractivity contribution is 9.10. The molecule has 0 saturated carbocycles. The van der Waals surface area contributed by atoms with Crippen molar-refractivity contribution in [2.75, 3.05) is 6.61 Å². The molecule has 136 valence electrons. The Hall–Kier alpha value is -2.48. The highest BCUT2D eigenvalue weighted by Gasteiger charge is 2.32. The van der Waals surface area contributed by atoms with Gasteiger partial charge >= 0.3 is 5.97 Å². The Bertz CT molecular complexity index is 920. The third kappa shape index (κ3) is 3.41. The van der Waals surface area contributed by atoms with Gasteiger partial charge in [-0.15, -0.1) is 0 Å². The zero-order valence-corrected chi connectivity index (χ0v) is 16.2. The van der Waals surface area contributed by atoms with E-state index in [-0.39, 0.29) is 12.4 Å². The van der Waals surface area contributed by atoms with E-state index in [9.17, 15) is 9.18 Å². The van der Waals surface area contributed by atoms with Gasteiger partial charge in [0, 0.05) is 29.6 Å². The number of allylic oxidation sites excluding steroid dienone is 1. The molecule has 0 spiro atoms. The number of imidazole rings is 1. The molecule has 6 nitrogen and oxygen atoms in total. The van der Waals surface area contributed by atoms with Crippen molar-refractivity contribution in [2.24, 2.45) is 12.0 Å². The summed E-state index contributed by atoms with van der Waals surface area (Å²) in [7, 11) is 1.86. The molecule has 26 heavy (non-hydrogen) atoms. The van der Waals surface area contributed by atoms with Crippen molar-refractivity contribution in [3.05, 3.63) is 63.5 Å². The van der Waals surface area contributed by atoms with Gasteiger partial charge in [-0.25, -0.2) is 14.2 Å². The quantitative estimate of drug-likeness (QED) is 0.770. The maximum Gasteiger partial charge on any atom is 0.338 e. The zero-order chi connectivity index (χ0) is 18.8. The SMILES string of the molecule is CCOC(=O)C1=C(C)NC(c2nccn2C)=NC1c1ccc(F)cc1Br. The van der Waals surface area contributed by atoms with E-state index in [0.717, 1.165) is 0 Å². The highest BCUT2D eigenvalue weighted by atomic mass is 79.9. The van der Waals surface area contributed by atoms with E-state index in [4.69, 9.17) is 9.73 Å². The van der Waals surface area contributed by atoms with Crippen molar-refractivity contribution in [1.29, 1.82) is 0 Å². The van der Waals surface area contributed by atoms with Crippen molar-refractivity contribution in [3.63, 3.8) is 0 Å². The molecule has 1 aromatic carbocycles. The number of esters is 1. The lowest BCUT2D eigenvalue weighted by atomic mass is 9.96. The number of benzene rings is 1. The van der Waals surface area contributed by atoms with Gasteiger partial charge in [0.1, 0.15) is 11.9 Å². The first kappa shape index (κ1) is 18.3. The van der Waals surface area contributed by atoms with Crippen molar-refractivity contribution < 1.29 is 13.9 Å². The van der Waals surface area contributed by atoms with Crippen LogP contribution in [0, 0.1) is 5.82 Å². The summed E-state index contributed by atoms with van der Waals surface area (Å²) in [4.78, 5) is 21.5. The van der Waals surface area contributed by atoms with Crippen LogP contribution in [-0.2, 0) is 16.6 Å². The first-order valence-corrected chi connectivity index (χ1v) is 8.87. The predicted octanol–water partition coefficient (Wildman–Crippen LogP) is 3.25. The van der Waals surface area contributed by atoms with E-state index < -0.39 is 12.0 Å². The average molecular weight is 421 g/mol. The van der Waals surface area contributed by atoms with Crippen molar-refractivity contribution in [1.82, 2.24) is 14.9 Å². The fraction of sp³-hybridized carbons (Fsp3) is 0.278. The Kier molecular flexibility index (Phi) is 5.22. The van der Waals surface area contributed by atoms with E-state index in [2.05, 4.69) is 26.2 Å². The third-order valence-corrected chi connectivity index (χ3v) is 4.71. The fourth-order valence-electron chi connectivity index (χ4n) is 2.81. The number of ether oxygens (including phenoxy) is 1. The molecule has 1 atom stereocenters. The Morgan fingerprint density at radius 1 is 1.46 bits per heavy atom. The second-order valence-electron chi connectivity index (χ2n) is 5.79. The molecule has 1 aromatic heterocycles. The number of rotatable bonds is 4. The maximum atomic E-state index is 13.5. The molecule has 1 aliphatic heterocycles. The van der Waals surface area contributed by atoms with Gasteiger partial charge in [0.2, 0.25) is 0 Å². The molecular weight excluding hydrogens is 403 g/mol. The van der Waals surface area contributed by atoms with Gasteiger partial charge < -0.3 is 14.6 Å². The summed E-state index contributed by atoms with van der Waals surface area (Å²) in [6.45, 7) is 3.78. The third-order valence-electron chi connectivity index (χ3n) is 4.03. The number of carbonyl (C=O) groups is 1. The number of nitrogens with zero attached hydrogens (tertiary/aromatic N) is 3. The molecule has 2 aromatic rings. The van der Waals surface area contributed by atoms with Gasteiger partial charge in [0.25, 0.3) is 0 Å². The van der Waals surface area contributed by atoms with Gasteiger partial charge in [0.05, 0.1) is 12.2 Å². The Morgan fingerprint density at radius 2 is 2.23 bits per heavy atom. The minimum absolute atomic E-state index is 0.253. The first-order valence-electron chi connectivity index (χ1n) is 8.07. The molecule has 3 rings (SSSR count). The van der Waals surface area contributed by atoms with Crippen LogP contribution in [0.2, 0.25) is 0 Å². The Morgan fingerprint density at radius 3 is 2.85 bits per heavy atom. The molecule has 0 bridgehead atoms. The van der Waals surface area contributed by atoms with E-state index in [1.807, 2.05) is 17.8 Å². The largest absolute Gasteiger partial charge is 0.463 e. The first-order chi connectivity index (χ1) is 12.4. The minimum atomic E-state index is -0.642. The van der Waals surface area contributed by atoms with Crippen molar-refractivity contribution in [2.45, 2.75) is 19.9 Å². The van der Waals surface area contributed by atoms with Crippen LogP contribution >= 0.6 is 15.9 Å². The molecule has 8 heteroatoms. The summed E-state index contributed by atoms with van der Waals surface area (Å²) in [6, 6.07) is 3.67. The topological polar surface area (TPSA) is 68.5 Å². The molecule has 1 unspecified atom stereocenters. The summed E-state index contributed by atoms with van der Waals surface area (Å²) in [5.74, 6) is 0.336. The summed E-state index contributed by atoms with van der Waals surface area (Å²) in [6.07, 6.45) is 3.48. The van der Waals surface area contributed by atoms with Gasteiger partial charge in [-0.05, 0) is 31.5 Å². The number of aryl methyl sites for hydroxylation is 1. The molecule has 0 fully saturated rings. The number of amidine groups is 1. The van der Waals surface area contributed by atoms with Crippen LogP contribution < -0.4 is 5.32 Å². The van der Waals surface area contributed by atoms with Crippen molar-refractivity contribution >= 4 is 27.7 Å².